The number of hydrogen-bond acceptors (Lipinski definition) is 5. The van der Waals surface area contributed by atoms with Gasteiger partial charge in [0.15, 0.2) is 0 Å². The summed E-state index contributed by atoms with van der Waals surface area (Å²) in [6.07, 6.45) is 4.90. The van der Waals surface area contributed by atoms with E-state index >= 15 is 0 Å². The molecule has 0 radical (unpaired) electrons. The van der Waals surface area contributed by atoms with E-state index in [1.54, 1.807) is 31.4 Å². The Morgan fingerprint density at radius 2 is 1.81 bits per heavy atom. The first-order valence-corrected chi connectivity index (χ1v) is 7.42. The van der Waals surface area contributed by atoms with Crippen LogP contribution in [-0.2, 0) is 9.47 Å². The summed E-state index contributed by atoms with van der Waals surface area (Å²) in [5.74, 6) is 0.696. The Morgan fingerprint density at radius 1 is 1.10 bits per heavy atom. The Kier molecular flexibility index (Phi) is 6.51. The van der Waals surface area contributed by atoms with Gasteiger partial charge in [-0.05, 0) is 43.3 Å². The van der Waals surface area contributed by atoms with Gasteiger partial charge in [0.25, 0.3) is 0 Å². The second kappa shape index (κ2) is 8.39. The van der Waals surface area contributed by atoms with E-state index in [0.717, 1.165) is 25.7 Å². The van der Waals surface area contributed by atoms with Gasteiger partial charge in [-0.15, -0.1) is 0 Å². The predicted octanol–water partition coefficient (Wildman–Crippen LogP) is 0.719. The van der Waals surface area contributed by atoms with Crippen LogP contribution < -0.4 is 10.2 Å². The average Bonchev–Trinajstić information content (AvgIpc) is 2.52. The second-order valence-electron chi connectivity index (χ2n) is 5.31. The molecule has 2 atom stereocenters. The Bertz CT molecular complexity index is 409. The number of benzene rings is 1. The van der Waals surface area contributed by atoms with E-state index in [1.807, 2.05) is 0 Å². The van der Waals surface area contributed by atoms with Gasteiger partial charge in [0.05, 0.1) is 18.8 Å². The summed E-state index contributed by atoms with van der Waals surface area (Å²) in [5, 5.41) is 18.0. The largest absolute Gasteiger partial charge is 0.491 e. The topological polar surface area (TPSA) is 68.2 Å². The van der Waals surface area contributed by atoms with Crippen molar-refractivity contribution in [2.75, 3.05) is 20.3 Å². The van der Waals surface area contributed by atoms with Crippen molar-refractivity contribution < 1.29 is 24.3 Å². The fraction of sp³-hybridized carbons (Fsp3) is 0.600. The highest BCUT2D eigenvalue weighted by atomic mass is 16.5. The van der Waals surface area contributed by atoms with Crippen LogP contribution in [0, 0.1) is 0 Å². The molecule has 0 spiro atoms. The van der Waals surface area contributed by atoms with Crippen LogP contribution in [0.5, 0.6) is 5.75 Å². The van der Waals surface area contributed by atoms with Crippen LogP contribution in [0.2, 0.25) is 0 Å². The van der Waals surface area contributed by atoms with Gasteiger partial charge in [-0.3, -0.25) is 0 Å². The third kappa shape index (κ3) is 5.32. The van der Waals surface area contributed by atoms with Crippen LogP contribution in [-0.4, -0.2) is 49.7 Å². The van der Waals surface area contributed by atoms with E-state index in [4.69, 9.17) is 24.3 Å². The normalized spacial score (nSPS) is 22.0. The summed E-state index contributed by atoms with van der Waals surface area (Å²) in [5.41, 5.74) is 0.450. The fourth-order valence-corrected chi connectivity index (χ4v) is 2.58. The molecule has 5 nitrogen and oxygen atoms in total. The molecule has 6 heteroatoms. The van der Waals surface area contributed by atoms with Crippen LogP contribution in [0.25, 0.3) is 0 Å². The van der Waals surface area contributed by atoms with Gasteiger partial charge < -0.3 is 24.3 Å². The number of ether oxygens (including phenoxy) is 3. The Balaban J connectivity index is 1.65. The van der Waals surface area contributed by atoms with E-state index < -0.39 is 7.12 Å². The Morgan fingerprint density at radius 3 is 2.48 bits per heavy atom. The van der Waals surface area contributed by atoms with Gasteiger partial charge in [0.2, 0.25) is 0 Å². The smallest absolute Gasteiger partial charge is 0.488 e. The zero-order chi connectivity index (χ0) is 15.1. The summed E-state index contributed by atoms with van der Waals surface area (Å²) < 4.78 is 16.8. The van der Waals surface area contributed by atoms with Crippen LogP contribution in [0.15, 0.2) is 24.3 Å². The molecule has 0 amide bonds. The molecular weight excluding hydrogens is 271 g/mol. The third-order valence-corrected chi connectivity index (χ3v) is 3.80. The molecule has 1 saturated carbocycles. The standard InChI is InChI=1S/C15H23BO5/c1-19-14-3-2-4-15(11-14)21-10-9-20-13-7-5-12(6-8-13)16(17)18/h5-8,14-15,17-18H,2-4,9-11H2,1H3. The molecule has 1 aromatic rings. The van der Waals surface area contributed by atoms with Crippen molar-refractivity contribution in [2.24, 2.45) is 0 Å². The van der Waals surface area contributed by atoms with Gasteiger partial charge in [0, 0.05) is 7.11 Å². The first kappa shape index (κ1) is 16.3. The predicted molar refractivity (Wildman–Crippen MR) is 80.8 cm³/mol. The quantitative estimate of drug-likeness (QED) is 0.573. The van der Waals surface area contributed by atoms with Gasteiger partial charge in [-0.1, -0.05) is 12.1 Å². The molecule has 116 valence electrons. The number of rotatable bonds is 7. The van der Waals surface area contributed by atoms with Crippen molar-refractivity contribution in [3.63, 3.8) is 0 Å². The summed E-state index contributed by atoms with van der Waals surface area (Å²) in [6.45, 7) is 1.03. The van der Waals surface area contributed by atoms with Crippen molar-refractivity contribution >= 4 is 12.6 Å². The minimum atomic E-state index is -1.44. The molecule has 1 aliphatic carbocycles. The molecule has 0 saturated heterocycles. The van der Waals surface area contributed by atoms with Crippen molar-refractivity contribution in [2.45, 2.75) is 37.9 Å². The number of methoxy groups -OCH3 is 1. The van der Waals surface area contributed by atoms with E-state index in [9.17, 15) is 0 Å². The molecule has 2 N–H and O–H groups in total. The molecule has 1 aliphatic rings. The van der Waals surface area contributed by atoms with E-state index in [1.165, 1.54) is 0 Å². The highest BCUT2D eigenvalue weighted by Crippen LogP contribution is 2.22. The fourth-order valence-electron chi connectivity index (χ4n) is 2.58. The summed E-state index contributed by atoms with van der Waals surface area (Å²) in [7, 11) is 0.311. The van der Waals surface area contributed by atoms with Crippen molar-refractivity contribution in [1.82, 2.24) is 0 Å². The first-order chi connectivity index (χ1) is 10.2. The van der Waals surface area contributed by atoms with Crippen molar-refractivity contribution in [1.29, 1.82) is 0 Å². The lowest BCUT2D eigenvalue weighted by Gasteiger charge is -2.28. The highest BCUT2D eigenvalue weighted by Gasteiger charge is 2.21. The lowest BCUT2D eigenvalue weighted by molar-refractivity contribution is -0.0362. The maximum Gasteiger partial charge on any atom is 0.488 e. The SMILES string of the molecule is COC1CCCC(OCCOc2ccc(B(O)O)cc2)C1. The second-order valence-corrected chi connectivity index (χ2v) is 5.31. The third-order valence-electron chi connectivity index (χ3n) is 3.80. The maximum atomic E-state index is 9.00. The van der Waals surface area contributed by atoms with Gasteiger partial charge in [-0.2, -0.15) is 0 Å². The molecule has 2 rings (SSSR count). The minimum absolute atomic E-state index is 0.263. The van der Waals surface area contributed by atoms with Crippen LogP contribution >= 0.6 is 0 Å². The molecule has 0 aliphatic heterocycles. The zero-order valence-corrected chi connectivity index (χ0v) is 12.4. The van der Waals surface area contributed by atoms with Crippen LogP contribution in [0.1, 0.15) is 25.7 Å². The highest BCUT2D eigenvalue weighted by molar-refractivity contribution is 6.58. The molecule has 0 heterocycles. The average molecular weight is 294 g/mol. The zero-order valence-electron chi connectivity index (χ0n) is 12.4. The molecule has 2 unspecified atom stereocenters. The summed E-state index contributed by atoms with van der Waals surface area (Å²) >= 11 is 0. The molecule has 21 heavy (non-hydrogen) atoms. The van der Waals surface area contributed by atoms with E-state index in [-0.39, 0.29) is 6.10 Å². The van der Waals surface area contributed by atoms with Gasteiger partial charge in [0.1, 0.15) is 12.4 Å². The molecule has 1 aromatic carbocycles. The lowest BCUT2D eigenvalue weighted by atomic mass is 9.80. The Labute approximate surface area is 126 Å². The number of hydrogen-bond donors (Lipinski definition) is 2. The molecule has 0 bridgehead atoms. The molecular formula is C15H23BO5. The van der Waals surface area contributed by atoms with Gasteiger partial charge >= 0.3 is 7.12 Å². The molecule has 1 fully saturated rings. The van der Waals surface area contributed by atoms with Crippen LogP contribution in [0.3, 0.4) is 0 Å². The summed E-state index contributed by atoms with van der Waals surface area (Å²) in [6, 6.07) is 6.70. The lowest BCUT2D eigenvalue weighted by Crippen LogP contribution is -2.29. The minimum Gasteiger partial charge on any atom is -0.491 e. The Hall–Kier alpha value is -1.08. The van der Waals surface area contributed by atoms with Crippen LogP contribution in [0.4, 0.5) is 0 Å². The maximum absolute atomic E-state index is 9.00. The summed E-state index contributed by atoms with van der Waals surface area (Å²) in [4.78, 5) is 0. The van der Waals surface area contributed by atoms with Crippen molar-refractivity contribution in [3.8, 4) is 5.75 Å². The van der Waals surface area contributed by atoms with Crippen molar-refractivity contribution in [3.05, 3.63) is 24.3 Å². The van der Waals surface area contributed by atoms with Gasteiger partial charge in [-0.25, -0.2) is 0 Å². The van der Waals surface area contributed by atoms with E-state index in [2.05, 4.69) is 0 Å². The first-order valence-electron chi connectivity index (χ1n) is 7.42. The van der Waals surface area contributed by atoms with E-state index in [0.29, 0.717) is 30.5 Å². The monoisotopic (exact) mass is 294 g/mol. The molecule has 0 aromatic heterocycles.